The average Bonchev–Trinajstić information content (AvgIpc) is 2.82. The van der Waals surface area contributed by atoms with Gasteiger partial charge < -0.3 is 10.4 Å². The molecule has 1 aromatic heterocycles. The molecule has 0 aliphatic rings. The van der Waals surface area contributed by atoms with E-state index in [-0.39, 0.29) is 0 Å². The SMILES string of the molecule is O=C(O)c1cccc(NCCc2ccsc2)c1. The van der Waals surface area contributed by atoms with Crippen LogP contribution < -0.4 is 5.32 Å². The highest BCUT2D eigenvalue weighted by atomic mass is 32.1. The summed E-state index contributed by atoms with van der Waals surface area (Å²) in [5.74, 6) is -0.897. The third kappa shape index (κ3) is 3.32. The van der Waals surface area contributed by atoms with Gasteiger partial charge in [-0.15, -0.1) is 0 Å². The average molecular weight is 247 g/mol. The molecule has 17 heavy (non-hydrogen) atoms. The highest BCUT2D eigenvalue weighted by Gasteiger charge is 2.02. The Kier molecular flexibility index (Phi) is 3.77. The molecule has 0 aliphatic carbocycles. The van der Waals surface area contributed by atoms with E-state index in [2.05, 4.69) is 22.1 Å². The van der Waals surface area contributed by atoms with E-state index in [1.165, 1.54) is 5.56 Å². The van der Waals surface area contributed by atoms with Crippen molar-refractivity contribution in [3.63, 3.8) is 0 Å². The van der Waals surface area contributed by atoms with E-state index >= 15 is 0 Å². The standard InChI is InChI=1S/C13H13NO2S/c15-13(16)11-2-1-3-12(8-11)14-6-4-10-5-7-17-9-10/h1-3,5,7-9,14H,4,6H2,(H,15,16). The first-order valence-electron chi connectivity index (χ1n) is 5.34. The molecular weight excluding hydrogens is 234 g/mol. The predicted molar refractivity (Wildman–Crippen MR) is 69.9 cm³/mol. The molecule has 0 fully saturated rings. The first-order chi connectivity index (χ1) is 8.25. The van der Waals surface area contributed by atoms with E-state index in [0.717, 1.165) is 18.7 Å². The number of carboxylic acid groups (broad SMARTS) is 1. The van der Waals surface area contributed by atoms with Crippen LogP contribution in [0.5, 0.6) is 0 Å². The first kappa shape index (κ1) is 11.7. The van der Waals surface area contributed by atoms with Gasteiger partial charge in [0.05, 0.1) is 5.56 Å². The lowest BCUT2D eigenvalue weighted by atomic mass is 10.2. The molecule has 0 radical (unpaired) electrons. The van der Waals surface area contributed by atoms with Crippen molar-refractivity contribution in [3.05, 3.63) is 52.2 Å². The van der Waals surface area contributed by atoms with Crippen LogP contribution in [0.2, 0.25) is 0 Å². The van der Waals surface area contributed by atoms with Crippen molar-refractivity contribution in [2.75, 3.05) is 11.9 Å². The van der Waals surface area contributed by atoms with E-state index in [1.807, 2.05) is 6.07 Å². The lowest BCUT2D eigenvalue weighted by molar-refractivity contribution is 0.0697. The number of carbonyl (C=O) groups is 1. The lowest BCUT2D eigenvalue weighted by Crippen LogP contribution is -2.05. The summed E-state index contributed by atoms with van der Waals surface area (Å²) < 4.78 is 0. The molecule has 0 saturated heterocycles. The molecule has 4 heteroatoms. The van der Waals surface area contributed by atoms with Crippen molar-refractivity contribution in [2.24, 2.45) is 0 Å². The maximum absolute atomic E-state index is 10.8. The number of aromatic carboxylic acids is 1. The minimum absolute atomic E-state index is 0.311. The van der Waals surface area contributed by atoms with Crippen LogP contribution in [0, 0.1) is 0 Å². The molecule has 0 bridgehead atoms. The van der Waals surface area contributed by atoms with Gasteiger partial charge in [-0.25, -0.2) is 4.79 Å². The Labute approximate surface area is 104 Å². The van der Waals surface area contributed by atoms with Crippen molar-refractivity contribution in [2.45, 2.75) is 6.42 Å². The zero-order chi connectivity index (χ0) is 12.1. The van der Waals surface area contributed by atoms with E-state index in [4.69, 9.17) is 5.11 Å². The molecule has 0 spiro atoms. The van der Waals surface area contributed by atoms with Gasteiger partial charge in [0.2, 0.25) is 0 Å². The molecule has 3 nitrogen and oxygen atoms in total. The largest absolute Gasteiger partial charge is 0.478 e. The number of nitrogens with one attached hydrogen (secondary N) is 1. The van der Waals surface area contributed by atoms with Crippen LogP contribution in [0.25, 0.3) is 0 Å². The van der Waals surface area contributed by atoms with Crippen molar-refractivity contribution in [3.8, 4) is 0 Å². The highest BCUT2D eigenvalue weighted by Crippen LogP contribution is 2.11. The van der Waals surface area contributed by atoms with Crippen molar-refractivity contribution in [1.82, 2.24) is 0 Å². The second-order valence-corrected chi connectivity index (χ2v) is 4.47. The van der Waals surface area contributed by atoms with Gasteiger partial charge in [0.15, 0.2) is 0 Å². The number of rotatable bonds is 5. The topological polar surface area (TPSA) is 49.3 Å². The predicted octanol–water partition coefficient (Wildman–Crippen LogP) is 3.10. The Balaban J connectivity index is 1.90. The quantitative estimate of drug-likeness (QED) is 0.853. The molecule has 0 atom stereocenters. The third-order valence-electron chi connectivity index (χ3n) is 2.43. The number of hydrogen-bond acceptors (Lipinski definition) is 3. The Morgan fingerprint density at radius 1 is 1.35 bits per heavy atom. The molecule has 2 N–H and O–H groups in total. The van der Waals surface area contributed by atoms with Crippen LogP contribution in [-0.2, 0) is 6.42 Å². The molecule has 2 aromatic rings. The first-order valence-corrected chi connectivity index (χ1v) is 6.28. The summed E-state index contributed by atoms with van der Waals surface area (Å²) in [6.45, 7) is 0.805. The molecule has 1 heterocycles. The molecule has 0 saturated carbocycles. The minimum Gasteiger partial charge on any atom is -0.478 e. The van der Waals surface area contributed by atoms with Crippen LogP contribution >= 0.6 is 11.3 Å². The second kappa shape index (κ2) is 5.50. The smallest absolute Gasteiger partial charge is 0.335 e. The Bertz CT molecular complexity index is 494. The number of thiophene rings is 1. The summed E-state index contributed by atoms with van der Waals surface area (Å²) in [4.78, 5) is 10.8. The van der Waals surface area contributed by atoms with Gasteiger partial charge in [-0.05, 0) is 47.0 Å². The molecule has 0 unspecified atom stereocenters. The normalized spacial score (nSPS) is 10.1. The number of carboxylic acids is 1. The Hall–Kier alpha value is -1.81. The minimum atomic E-state index is -0.897. The van der Waals surface area contributed by atoms with E-state index in [0.29, 0.717) is 5.56 Å². The molecule has 1 aromatic carbocycles. The van der Waals surface area contributed by atoms with Crippen molar-refractivity contribution >= 4 is 23.0 Å². The zero-order valence-corrected chi connectivity index (χ0v) is 10.0. The van der Waals surface area contributed by atoms with Gasteiger partial charge in [-0.2, -0.15) is 11.3 Å². The molecule has 2 rings (SSSR count). The van der Waals surface area contributed by atoms with E-state index in [1.54, 1.807) is 29.5 Å². The monoisotopic (exact) mass is 247 g/mol. The van der Waals surface area contributed by atoms with Gasteiger partial charge in [0.25, 0.3) is 0 Å². The summed E-state index contributed by atoms with van der Waals surface area (Å²) in [6.07, 6.45) is 0.945. The molecule has 88 valence electrons. The van der Waals surface area contributed by atoms with Crippen LogP contribution in [0.4, 0.5) is 5.69 Å². The third-order valence-corrected chi connectivity index (χ3v) is 3.16. The Morgan fingerprint density at radius 2 is 2.24 bits per heavy atom. The highest BCUT2D eigenvalue weighted by molar-refractivity contribution is 7.07. The summed E-state index contributed by atoms with van der Waals surface area (Å²) in [5.41, 5.74) is 2.46. The van der Waals surface area contributed by atoms with E-state index in [9.17, 15) is 4.79 Å². The number of benzene rings is 1. The summed E-state index contributed by atoms with van der Waals surface area (Å²) in [7, 11) is 0. The fourth-order valence-corrected chi connectivity index (χ4v) is 2.25. The fourth-order valence-electron chi connectivity index (χ4n) is 1.55. The second-order valence-electron chi connectivity index (χ2n) is 3.69. The summed E-state index contributed by atoms with van der Waals surface area (Å²) in [5, 5.41) is 16.3. The van der Waals surface area contributed by atoms with Gasteiger partial charge in [-0.3, -0.25) is 0 Å². The fraction of sp³-hybridized carbons (Fsp3) is 0.154. The van der Waals surface area contributed by atoms with Crippen LogP contribution in [0.3, 0.4) is 0 Å². The van der Waals surface area contributed by atoms with Crippen LogP contribution in [0.1, 0.15) is 15.9 Å². The van der Waals surface area contributed by atoms with Crippen LogP contribution in [-0.4, -0.2) is 17.6 Å². The maximum Gasteiger partial charge on any atom is 0.335 e. The molecular formula is C13H13NO2S. The van der Waals surface area contributed by atoms with Crippen molar-refractivity contribution in [1.29, 1.82) is 0 Å². The van der Waals surface area contributed by atoms with Crippen LogP contribution in [0.15, 0.2) is 41.1 Å². The van der Waals surface area contributed by atoms with E-state index < -0.39 is 5.97 Å². The number of hydrogen-bond donors (Lipinski definition) is 2. The van der Waals surface area contributed by atoms with Gasteiger partial charge in [0, 0.05) is 12.2 Å². The molecule has 0 aliphatic heterocycles. The van der Waals surface area contributed by atoms with Crippen molar-refractivity contribution < 1.29 is 9.90 Å². The summed E-state index contributed by atoms with van der Waals surface area (Å²) in [6, 6.07) is 8.96. The zero-order valence-electron chi connectivity index (χ0n) is 9.22. The lowest BCUT2D eigenvalue weighted by Gasteiger charge is -2.06. The Morgan fingerprint density at radius 3 is 2.94 bits per heavy atom. The van der Waals surface area contributed by atoms with Gasteiger partial charge in [0.1, 0.15) is 0 Å². The number of anilines is 1. The molecule has 0 amide bonds. The summed E-state index contributed by atoms with van der Waals surface area (Å²) >= 11 is 1.69. The van der Waals surface area contributed by atoms with Gasteiger partial charge in [-0.1, -0.05) is 6.07 Å². The maximum atomic E-state index is 10.8. The van der Waals surface area contributed by atoms with Gasteiger partial charge >= 0.3 is 5.97 Å².